The highest BCUT2D eigenvalue weighted by Crippen LogP contribution is 1.96. The number of carboxylic acid groups (broad SMARTS) is 2. The van der Waals surface area contributed by atoms with Gasteiger partial charge < -0.3 is 21.3 Å². The Kier molecular flexibility index (Phi) is 19.3. The summed E-state index contributed by atoms with van der Waals surface area (Å²) in [4.78, 5) is 32.1. The number of hydrogen-bond acceptors (Lipinski definition) is 7. The Morgan fingerprint density at radius 2 is 1.42 bits per heavy atom. The van der Waals surface area contributed by atoms with E-state index in [1.807, 2.05) is 0 Å². The summed E-state index contributed by atoms with van der Waals surface area (Å²) >= 11 is -1.47. The SMILES string of the molecule is N[C@@H](CCC(=O)O)C(=O)N[C@@H](CS)C(=O)O.O=S(O)O.O=S(O)O. The van der Waals surface area contributed by atoms with Gasteiger partial charge in [0.2, 0.25) is 5.91 Å². The van der Waals surface area contributed by atoms with E-state index in [0.29, 0.717) is 0 Å². The van der Waals surface area contributed by atoms with E-state index >= 15 is 0 Å². The fourth-order valence-electron chi connectivity index (χ4n) is 0.874. The standard InChI is InChI=1S/C8H14N2O5S.2H2O3S/c9-4(1-2-6(11)12)7(13)10-5(3-16)8(14)15;2*1-4(2)3/h4-5,16H,1-3,9H2,(H,10,13)(H,11,12)(H,14,15);2*(H2,1,2,3)/t4-,5-;;/m0../s1. The molecule has 0 aromatic carbocycles. The van der Waals surface area contributed by atoms with Gasteiger partial charge in [-0.25, -0.2) is 4.79 Å². The molecule has 0 rings (SSSR count). The summed E-state index contributed by atoms with van der Waals surface area (Å²) in [5.74, 6) is -3.03. The van der Waals surface area contributed by atoms with Crippen LogP contribution < -0.4 is 11.1 Å². The minimum atomic E-state index is -2.61. The summed E-state index contributed by atoms with van der Waals surface area (Å²) < 4.78 is 45.7. The molecule has 0 aliphatic carbocycles. The second-order valence-corrected chi connectivity index (χ2v) is 4.87. The zero-order valence-electron chi connectivity index (χ0n) is 11.8. The van der Waals surface area contributed by atoms with Crippen molar-refractivity contribution in [1.29, 1.82) is 0 Å². The second kappa shape index (κ2) is 16.7. The van der Waals surface area contributed by atoms with Gasteiger partial charge in [-0.15, -0.1) is 0 Å². The van der Waals surface area contributed by atoms with Crippen molar-refractivity contribution in [2.24, 2.45) is 5.73 Å². The molecule has 9 N–H and O–H groups in total. The predicted molar refractivity (Wildman–Crippen MR) is 85.1 cm³/mol. The number of aliphatic carboxylic acids is 2. The zero-order chi connectivity index (χ0) is 19.9. The minimum absolute atomic E-state index is 0.0416. The van der Waals surface area contributed by atoms with Crippen LogP contribution in [0.2, 0.25) is 0 Å². The number of carboxylic acids is 2. The number of nitrogens with two attached hydrogens (primary N) is 1. The molecular weight excluding hydrogens is 396 g/mol. The number of rotatable bonds is 7. The molecule has 0 fully saturated rings. The van der Waals surface area contributed by atoms with Crippen LogP contribution in [-0.2, 0) is 37.1 Å². The Labute approximate surface area is 146 Å². The molecule has 0 aliphatic rings. The van der Waals surface area contributed by atoms with Crippen molar-refractivity contribution in [1.82, 2.24) is 5.32 Å². The predicted octanol–water partition coefficient (Wildman–Crippen LogP) is -1.96. The number of nitrogens with one attached hydrogen (secondary N) is 1. The lowest BCUT2D eigenvalue weighted by molar-refractivity contribution is -0.141. The molecule has 2 atom stereocenters. The largest absolute Gasteiger partial charge is 0.481 e. The van der Waals surface area contributed by atoms with Gasteiger partial charge in [-0.05, 0) is 6.42 Å². The van der Waals surface area contributed by atoms with E-state index in [1.54, 1.807) is 0 Å². The smallest absolute Gasteiger partial charge is 0.327 e. The fourth-order valence-corrected chi connectivity index (χ4v) is 1.12. The summed E-state index contributed by atoms with van der Waals surface area (Å²) in [6, 6.07) is -2.15. The molecule has 13 nitrogen and oxygen atoms in total. The van der Waals surface area contributed by atoms with Gasteiger partial charge in [0.25, 0.3) is 22.7 Å². The van der Waals surface area contributed by atoms with Gasteiger partial charge in [0, 0.05) is 12.2 Å². The quantitative estimate of drug-likeness (QED) is 0.163. The molecule has 0 radical (unpaired) electrons. The average Bonchev–Trinajstić information content (AvgIpc) is 2.40. The lowest BCUT2D eigenvalue weighted by Gasteiger charge is -2.15. The first kappa shape index (κ1) is 27.7. The topological polar surface area (TPSA) is 245 Å². The Morgan fingerprint density at radius 1 is 1.04 bits per heavy atom. The number of thiol groups is 1. The Morgan fingerprint density at radius 3 is 1.67 bits per heavy atom. The molecule has 0 saturated heterocycles. The highest BCUT2D eigenvalue weighted by atomic mass is 32.2. The van der Waals surface area contributed by atoms with Gasteiger partial charge in [-0.2, -0.15) is 21.0 Å². The first-order valence-electron chi connectivity index (χ1n) is 5.56. The van der Waals surface area contributed by atoms with Crippen LogP contribution in [0.4, 0.5) is 0 Å². The van der Waals surface area contributed by atoms with Crippen LogP contribution in [0.15, 0.2) is 0 Å². The Balaban J connectivity index is -0.000000457. The van der Waals surface area contributed by atoms with Gasteiger partial charge in [-0.3, -0.25) is 27.8 Å². The molecule has 0 heterocycles. The molecule has 144 valence electrons. The van der Waals surface area contributed by atoms with Gasteiger partial charge in [0.05, 0.1) is 6.04 Å². The van der Waals surface area contributed by atoms with E-state index in [9.17, 15) is 14.4 Å². The highest BCUT2D eigenvalue weighted by Gasteiger charge is 2.22. The summed E-state index contributed by atoms with van der Waals surface area (Å²) in [6.07, 6.45) is -0.284. The van der Waals surface area contributed by atoms with E-state index in [-0.39, 0.29) is 18.6 Å². The molecule has 0 unspecified atom stereocenters. The van der Waals surface area contributed by atoms with Crippen molar-refractivity contribution in [2.75, 3.05) is 5.75 Å². The van der Waals surface area contributed by atoms with E-state index in [4.69, 9.17) is 42.6 Å². The molecular formula is C8H18N2O11S3. The molecule has 0 aromatic rings. The van der Waals surface area contributed by atoms with Crippen LogP contribution >= 0.6 is 12.6 Å². The number of carbonyl (C=O) groups is 3. The fraction of sp³-hybridized carbons (Fsp3) is 0.625. The summed E-state index contributed by atoms with van der Waals surface area (Å²) in [6.45, 7) is 0. The van der Waals surface area contributed by atoms with Crippen molar-refractivity contribution < 1.29 is 51.2 Å². The van der Waals surface area contributed by atoms with Crippen LogP contribution in [0.3, 0.4) is 0 Å². The first-order valence-corrected chi connectivity index (χ1v) is 8.32. The molecule has 1 amide bonds. The van der Waals surface area contributed by atoms with Crippen molar-refractivity contribution in [3.8, 4) is 0 Å². The van der Waals surface area contributed by atoms with E-state index in [0.717, 1.165) is 0 Å². The lowest BCUT2D eigenvalue weighted by Crippen LogP contribution is -2.49. The molecule has 0 bridgehead atoms. The summed E-state index contributed by atoms with van der Waals surface area (Å²) in [5, 5.41) is 19.1. The first-order chi connectivity index (χ1) is 10.8. The summed E-state index contributed by atoms with van der Waals surface area (Å²) in [5.41, 5.74) is 5.38. The molecule has 24 heavy (non-hydrogen) atoms. The van der Waals surface area contributed by atoms with Crippen LogP contribution in [0.5, 0.6) is 0 Å². The van der Waals surface area contributed by atoms with E-state index in [1.165, 1.54) is 0 Å². The molecule has 0 spiro atoms. The van der Waals surface area contributed by atoms with Gasteiger partial charge in [0.1, 0.15) is 6.04 Å². The third-order valence-electron chi connectivity index (χ3n) is 1.80. The third-order valence-corrected chi connectivity index (χ3v) is 2.17. The van der Waals surface area contributed by atoms with Crippen LogP contribution in [0.1, 0.15) is 12.8 Å². The van der Waals surface area contributed by atoms with Crippen LogP contribution in [-0.4, -0.2) is 72.5 Å². The third kappa shape index (κ3) is 25.8. The van der Waals surface area contributed by atoms with Crippen molar-refractivity contribution in [3.63, 3.8) is 0 Å². The average molecular weight is 414 g/mol. The van der Waals surface area contributed by atoms with Crippen molar-refractivity contribution >= 4 is 53.2 Å². The van der Waals surface area contributed by atoms with Gasteiger partial charge in [-0.1, -0.05) is 0 Å². The number of amides is 1. The van der Waals surface area contributed by atoms with Crippen molar-refractivity contribution in [2.45, 2.75) is 24.9 Å². The maximum absolute atomic E-state index is 11.3. The van der Waals surface area contributed by atoms with Crippen LogP contribution in [0.25, 0.3) is 0 Å². The van der Waals surface area contributed by atoms with Crippen molar-refractivity contribution in [3.05, 3.63) is 0 Å². The Hall–Kier alpha value is -1.14. The van der Waals surface area contributed by atoms with Crippen LogP contribution in [0, 0.1) is 0 Å². The Bertz CT molecular complexity index is 427. The molecule has 0 saturated carbocycles. The maximum Gasteiger partial charge on any atom is 0.327 e. The maximum atomic E-state index is 11.3. The molecule has 0 aliphatic heterocycles. The number of hydrogen-bond donors (Lipinski definition) is 9. The van der Waals surface area contributed by atoms with E-state index < -0.39 is 52.7 Å². The normalized spacial score (nSPS) is 12.2. The zero-order valence-corrected chi connectivity index (χ0v) is 14.4. The van der Waals surface area contributed by atoms with Gasteiger partial charge >= 0.3 is 11.9 Å². The van der Waals surface area contributed by atoms with E-state index in [2.05, 4.69) is 17.9 Å². The summed E-state index contributed by atoms with van der Waals surface area (Å²) in [7, 11) is 0. The monoisotopic (exact) mass is 414 g/mol. The molecule has 16 heteroatoms. The number of carbonyl (C=O) groups excluding carboxylic acids is 1. The van der Waals surface area contributed by atoms with Gasteiger partial charge in [0.15, 0.2) is 0 Å². The molecule has 0 aromatic heterocycles. The highest BCUT2D eigenvalue weighted by molar-refractivity contribution is 7.80. The second-order valence-electron chi connectivity index (χ2n) is 3.58. The minimum Gasteiger partial charge on any atom is -0.481 e. The lowest BCUT2D eigenvalue weighted by atomic mass is 10.1.